The molecule has 0 aliphatic carbocycles. The molecule has 0 spiro atoms. The number of nitrogens with one attached hydrogen (secondary N) is 2. The number of aromatic nitrogens is 4. The van der Waals surface area contributed by atoms with E-state index in [0.29, 0.717) is 6.54 Å². The van der Waals surface area contributed by atoms with Crippen LogP contribution in [0.4, 0.5) is 5.82 Å². The van der Waals surface area contributed by atoms with Crippen LogP contribution in [0.2, 0.25) is 0 Å². The number of rotatable bonds is 10. The Kier molecular flexibility index (Phi) is 7.59. The van der Waals surface area contributed by atoms with Crippen molar-refractivity contribution in [3.05, 3.63) is 53.1 Å². The molecular formula is C27H34N6OS. The van der Waals surface area contributed by atoms with Crippen molar-refractivity contribution in [1.29, 1.82) is 0 Å². The Labute approximate surface area is 211 Å². The first-order chi connectivity index (χ1) is 17.2. The van der Waals surface area contributed by atoms with Gasteiger partial charge in [0.05, 0.1) is 23.2 Å². The molecule has 4 aromatic rings. The van der Waals surface area contributed by atoms with E-state index < -0.39 is 0 Å². The molecule has 2 aromatic carbocycles. The minimum Gasteiger partial charge on any atom is -0.493 e. The van der Waals surface area contributed by atoms with Crippen LogP contribution in [0.3, 0.4) is 0 Å². The molecule has 0 saturated carbocycles. The average Bonchev–Trinajstić information content (AvgIpc) is 3.20. The Bertz CT molecular complexity index is 1340. The van der Waals surface area contributed by atoms with Gasteiger partial charge in [-0.25, -0.2) is 9.97 Å². The van der Waals surface area contributed by atoms with E-state index >= 15 is 0 Å². The molecule has 1 saturated heterocycles. The third kappa shape index (κ3) is 5.49. The van der Waals surface area contributed by atoms with E-state index in [4.69, 9.17) is 17.0 Å². The third-order valence-corrected chi connectivity index (χ3v) is 7.16. The number of piperidine rings is 1. The molecule has 7 nitrogen and oxygen atoms in total. The van der Waals surface area contributed by atoms with Crippen molar-refractivity contribution in [3.8, 4) is 5.75 Å². The minimum atomic E-state index is 0.625. The Morgan fingerprint density at radius 3 is 2.80 bits per heavy atom. The lowest BCUT2D eigenvalue weighted by molar-refractivity contribution is 0.215. The van der Waals surface area contributed by atoms with Crippen molar-refractivity contribution in [1.82, 2.24) is 24.4 Å². The lowest BCUT2D eigenvalue weighted by Crippen LogP contribution is -2.30. The summed E-state index contributed by atoms with van der Waals surface area (Å²) in [5.74, 6) is 1.74. The number of aromatic amines is 1. The summed E-state index contributed by atoms with van der Waals surface area (Å²) in [6, 6.07) is 12.4. The number of para-hydroxylation sites is 1. The Morgan fingerprint density at radius 1 is 1.09 bits per heavy atom. The molecule has 2 N–H and O–H groups in total. The number of imidazole rings is 1. The molecule has 0 unspecified atom stereocenters. The molecule has 5 rings (SSSR count). The van der Waals surface area contributed by atoms with Gasteiger partial charge in [0.15, 0.2) is 4.77 Å². The van der Waals surface area contributed by atoms with Gasteiger partial charge in [0.2, 0.25) is 0 Å². The first-order valence-corrected chi connectivity index (χ1v) is 13.2. The maximum Gasteiger partial charge on any atom is 0.178 e. The second-order valence-electron chi connectivity index (χ2n) is 9.20. The molecule has 1 aliphatic rings. The zero-order valence-electron chi connectivity index (χ0n) is 20.4. The number of benzene rings is 2. The Morgan fingerprint density at radius 2 is 1.94 bits per heavy atom. The SMILES string of the molecule is CCn1c(=S)[nH]c2cc3c(NCc4ccccc4OCCCCN4CCCCC4)ncnc3cc21. The first-order valence-electron chi connectivity index (χ1n) is 12.8. The van der Waals surface area contributed by atoms with Crippen LogP contribution in [0, 0.1) is 4.77 Å². The zero-order chi connectivity index (χ0) is 24.0. The highest BCUT2D eigenvalue weighted by Gasteiger charge is 2.12. The summed E-state index contributed by atoms with van der Waals surface area (Å²) in [4.78, 5) is 14.9. The largest absolute Gasteiger partial charge is 0.493 e. The van der Waals surface area contributed by atoms with Gasteiger partial charge in [0.25, 0.3) is 0 Å². The van der Waals surface area contributed by atoms with Crippen LogP contribution in [0.1, 0.15) is 44.6 Å². The van der Waals surface area contributed by atoms with E-state index in [-0.39, 0.29) is 0 Å². The zero-order valence-corrected chi connectivity index (χ0v) is 21.2. The number of anilines is 1. The molecule has 1 fully saturated rings. The molecule has 35 heavy (non-hydrogen) atoms. The van der Waals surface area contributed by atoms with Crippen molar-refractivity contribution in [2.45, 2.75) is 52.1 Å². The van der Waals surface area contributed by atoms with Gasteiger partial charge in [0.1, 0.15) is 17.9 Å². The van der Waals surface area contributed by atoms with Crippen LogP contribution >= 0.6 is 12.2 Å². The van der Waals surface area contributed by atoms with E-state index in [1.807, 2.05) is 6.07 Å². The maximum atomic E-state index is 6.18. The van der Waals surface area contributed by atoms with Gasteiger partial charge in [-0.15, -0.1) is 0 Å². The average molecular weight is 491 g/mol. The molecule has 2 aromatic heterocycles. The number of unbranched alkanes of at least 4 members (excludes halogenated alkanes) is 1. The van der Waals surface area contributed by atoms with Crippen LogP contribution in [0.25, 0.3) is 21.9 Å². The summed E-state index contributed by atoms with van der Waals surface area (Å²) in [5, 5.41) is 4.47. The van der Waals surface area contributed by atoms with Crippen molar-refractivity contribution in [3.63, 3.8) is 0 Å². The number of hydrogen-bond donors (Lipinski definition) is 2. The number of H-pyrrole nitrogens is 1. The second-order valence-corrected chi connectivity index (χ2v) is 9.59. The van der Waals surface area contributed by atoms with E-state index in [2.05, 4.69) is 67.0 Å². The molecule has 1 aliphatic heterocycles. The summed E-state index contributed by atoms with van der Waals surface area (Å²) in [6.07, 6.45) is 7.96. The molecule has 0 bridgehead atoms. The van der Waals surface area contributed by atoms with E-state index in [9.17, 15) is 0 Å². The van der Waals surface area contributed by atoms with Crippen molar-refractivity contribution in [2.75, 3.05) is 31.6 Å². The highest BCUT2D eigenvalue weighted by molar-refractivity contribution is 7.71. The van der Waals surface area contributed by atoms with Crippen LogP contribution in [0.5, 0.6) is 5.75 Å². The first kappa shape index (κ1) is 23.8. The van der Waals surface area contributed by atoms with Gasteiger partial charge < -0.3 is 24.5 Å². The smallest absolute Gasteiger partial charge is 0.178 e. The highest BCUT2D eigenvalue weighted by atomic mass is 32.1. The van der Waals surface area contributed by atoms with E-state index in [0.717, 1.165) is 63.4 Å². The van der Waals surface area contributed by atoms with Crippen molar-refractivity contribution in [2.24, 2.45) is 0 Å². The summed E-state index contributed by atoms with van der Waals surface area (Å²) in [6.45, 7) is 7.98. The Hall–Kier alpha value is -2.97. The summed E-state index contributed by atoms with van der Waals surface area (Å²) in [5.41, 5.74) is 4.07. The number of likely N-dealkylation sites (tertiary alicyclic amines) is 1. The fourth-order valence-electron chi connectivity index (χ4n) is 4.93. The fourth-order valence-corrected chi connectivity index (χ4v) is 5.27. The molecule has 8 heteroatoms. The van der Waals surface area contributed by atoms with Gasteiger partial charge in [-0.2, -0.15) is 0 Å². The number of nitrogens with zero attached hydrogens (tertiary/aromatic N) is 4. The lowest BCUT2D eigenvalue weighted by Gasteiger charge is -2.26. The highest BCUT2D eigenvalue weighted by Crippen LogP contribution is 2.27. The standard InChI is InChI=1S/C27H34N6OS/c1-2-33-24-17-22-21(16-23(24)31-27(33)35)26(30-19-29-22)28-18-20-10-4-5-11-25(20)34-15-9-8-14-32-12-6-3-7-13-32/h4-5,10-11,16-17,19H,2-3,6-9,12-15,18H2,1H3,(H,31,35)(H,28,29,30). The van der Waals surface area contributed by atoms with Gasteiger partial charge in [-0.1, -0.05) is 24.6 Å². The molecule has 184 valence electrons. The van der Waals surface area contributed by atoms with E-state index in [1.54, 1.807) is 6.33 Å². The van der Waals surface area contributed by atoms with E-state index in [1.165, 1.54) is 45.3 Å². The third-order valence-electron chi connectivity index (χ3n) is 6.84. The molecule has 0 atom stereocenters. The maximum absolute atomic E-state index is 6.18. The fraction of sp³-hybridized carbons (Fsp3) is 0.444. The number of hydrogen-bond acceptors (Lipinski definition) is 6. The number of ether oxygens (including phenoxy) is 1. The molecule has 0 amide bonds. The quantitative estimate of drug-likeness (QED) is 0.212. The summed E-state index contributed by atoms with van der Waals surface area (Å²) >= 11 is 5.48. The predicted octanol–water partition coefficient (Wildman–Crippen LogP) is 5.92. The predicted molar refractivity (Wildman–Crippen MR) is 145 cm³/mol. The van der Waals surface area contributed by atoms with Crippen molar-refractivity contribution >= 4 is 40.0 Å². The van der Waals surface area contributed by atoms with Crippen LogP contribution in [-0.4, -0.2) is 50.7 Å². The van der Waals surface area contributed by atoms with Gasteiger partial charge in [-0.05, 0) is 82.7 Å². The Balaban J connectivity index is 1.23. The van der Waals surface area contributed by atoms with Gasteiger partial charge in [-0.3, -0.25) is 0 Å². The molecule has 0 radical (unpaired) electrons. The van der Waals surface area contributed by atoms with Gasteiger partial charge in [0, 0.05) is 24.0 Å². The van der Waals surface area contributed by atoms with Gasteiger partial charge >= 0.3 is 0 Å². The lowest BCUT2D eigenvalue weighted by atomic mass is 10.1. The normalized spacial score (nSPS) is 14.5. The topological polar surface area (TPSA) is 71.0 Å². The van der Waals surface area contributed by atoms with Crippen molar-refractivity contribution < 1.29 is 4.74 Å². The molecule has 3 heterocycles. The second kappa shape index (κ2) is 11.2. The van der Waals surface area contributed by atoms with Crippen LogP contribution < -0.4 is 10.1 Å². The number of fused-ring (bicyclic) bond motifs is 2. The molecular weight excluding hydrogens is 456 g/mol. The summed E-state index contributed by atoms with van der Waals surface area (Å²) in [7, 11) is 0. The monoisotopic (exact) mass is 490 g/mol. The number of aryl methyl sites for hydroxylation is 1. The van der Waals surface area contributed by atoms with Crippen LogP contribution in [0.15, 0.2) is 42.7 Å². The van der Waals surface area contributed by atoms with Crippen LogP contribution in [-0.2, 0) is 13.1 Å². The minimum absolute atomic E-state index is 0.625. The summed E-state index contributed by atoms with van der Waals surface area (Å²) < 4.78 is 8.98.